The van der Waals surface area contributed by atoms with E-state index >= 15 is 0 Å². The van der Waals surface area contributed by atoms with Crippen LogP contribution in [0.25, 0.3) is 10.8 Å². The van der Waals surface area contributed by atoms with Gasteiger partial charge < -0.3 is 9.84 Å². The number of methoxy groups -OCH3 is 1. The van der Waals surface area contributed by atoms with Crippen LogP contribution < -0.4 is 10.2 Å². The van der Waals surface area contributed by atoms with Crippen molar-refractivity contribution in [1.82, 2.24) is 5.43 Å². The zero-order valence-corrected chi connectivity index (χ0v) is 17.3. The number of amides is 1. The highest BCUT2D eigenvalue weighted by Gasteiger charge is 2.10. The van der Waals surface area contributed by atoms with Crippen LogP contribution in [-0.2, 0) is 0 Å². The molecule has 0 fully saturated rings. The van der Waals surface area contributed by atoms with Crippen LogP contribution in [0.15, 0.2) is 100 Å². The van der Waals surface area contributed by atoms with E-state index in [1.54, 1.807) is 36.4 Å². The van der Waals surface area contributed by atoms with Gasteiger partial charge in [0.05, 0.1) is 30.3 Å². The summed E-state index contributed by atoms with van der Waals surface area (Å²) in [7, 11) is 1.49. The van der Waals surface area contributed by atoms with Crippen molar-refractivity contribution in [3.63, 3.8) is 0 Å². The van der Waals surface area contributed by atoms with Gasteiger partial charge in [-0.2, -0.15) is 10.2 Å². The molecule has 158 valence electrons. The lowest BCUT2D eigenvalue weighted by Crippen LogP contribution is -2.18. The number of para-hydroxylation sites is 1. The number of benzene rings is 4. The van der Waals surface area contributed by atoms with Gasteiger partial charge in [0.1, 0.15) is 11.5 Å². The maximum absolute atomic E-state index is 12.3. The van der Waals surface area contributed by atoms with Gasteiger partial charge in [-0.15, -0.1) is 5.11 Å². The first-order chi connectivity index (χ1) is 15.7. The molecule has 0 bridgehead atoms. The van der Waals surface area contributed by atoms with Gasteiger partial charge in [-0.3, -0.25) is 4.79 Å². The maximum Gasteiger partial charge on any atom is 0.275 e. The summed E-state index contributed by atoms with van der Waals surface area (Å²) in [6.45, 7) is 0. The molecule has 0 saturated heterocycles. The average Bonchev–Trinajstić information content (AvgIpc) is 2.84. The number of nitrogens with zero attached hydrogens (tertiary/aromatic N) is 3. The zero-order valence-electron chi connectivity index (χ0n) is 17.3. The van der Waals surface area contributed by atoms with Gasteiger partial charge >= 0.3 is 0 Å². The van der Waals surface area contributed by atoms with Crippen LogP contribution in [0.3, 0.4) is 0 Å². The molecule has 0 aliphatic heterocycles. The van der Waals surface area contributed by atoms with Gasteiger partial charge in [0.15, 0.2) is 0 Å². The molecule has 2 N–H and O–H groups in total. The van der Waals surface area contributed by atoms with Crippen molar-refractivity contribution in [3.05, 3.63) is 96.1 Å². The van der Waals surface area contributed by atoms with Crippen LogP contribution in [0.1, 0.15) is 15.9 Å². The minimum Gasteiger partial charge on any atom is -0.507 e. The van der Waals surface area contributed by atoms with Crippen LogP contribution in [0.5, 0.6) is 11.5 Å². The number of phenols is 1. The number of carbonyl (C=O) groups is 1. The fourth-order valence-corrected chi connectivity index (χ4v) is 3.17. The van der Waals surface area contributed by atoms with E-state index in [9.17, 15) is 9.90 Å². The number of hydrogen-bond donors (Lipinski definition) is 2. The number of ether oxygens (including phenoxy) is 1. The third-order valence-electron chi connectivity index (χ3n) is 4.77. The fourth-order valence-electron chi connectivity index (χ4n) is 3.17. The molecule has 0 aliphatic rings. The smallest absolute Gasteiger partial charge is 0.275 e. The highest BCUT2D eigenvalue weighted by Crippen LogP contribution is 2.28. The summed E-state index contributed by atoms with van der Waals surface area (Å²) < 4.78 is 5.18. The lowest BCUT2D eigenvalue weighted by Gasteiger charge is -2.06. The largest absolute Gasteiger partial charge is 0.507 e. The third-order valence-corrected chi connectivity index (χ3v) is 4.77. The van der Waals surface area contributed by atoms with Gasteiger partial charge in [-0.1, -0.05) is 48.5 Å². The minimum absolute atomic E-state index is 0.00408. The lowest BCUT2D eigenvalue weighted by molar-refractivity contribution is 0.0952. The van der Waals surface area contributed by atoms with Crippen molar-refractivity contribution in [2.45, 2.75) is 0 Å². The van der Waals surface area contributed by atoms with Crippen molar-refractivity contribution in [1.29, 1.82) is 0 Å². The number of aromatic hydroxyl groups is 1. The van der Waals surface area contributed by atoms with Crippen LogP contribution >= 0.6 is 0 Å². The predicted octanol–water partition coefficient (Wildman–Crippen LogP) is 5.73. The van der Waals surface area contributed by atoms with E-state index in [0.29, 0.717) is 22.6 Å². The van der Waals surface area contributed by atoms with Crippen molar-refractivity contribution in [3.8, 4) is 11.5 Å². The van der Waals surface area contributed by atoms with Gasteiger partial charge in [0.2, 0.25) is 0 Å². The molecule has 4 aromatic rings. The third kappa shape index (κ3) is 4.62. The highest BCUT2D eigenvalue weighted by molar-refractivity contribution is 5.97. The number of phenolic OH excluding ortho intramolecular Hbond substituents is 1. The van der Waals surface area contributed by atoms with Crippen LogP contribution in [0, 0.1) is 0 Å². The van der Waals surface area contributed by atoms with Gasteiger partial charge in [0, 0.05) is 10.9 Å². The first-order valence-corrected chi connectivity index (χ1v) is 9.84. The average molecular weight is 424 g/mol. The molecule has 32 heavy (non-hydrogen) atoms. The monoisotopic (exact) mass is 424 g/mol. The summed E-state index contributed by atoms with van der Waals surface area (Å²) in [6.07, 6.45) is 1.35. The normalized spacial score (nSPS) is 11.3. The van der Waals surface area contributed by atoms with Gasteiger partial charge in [0.25, 0.3) is 5.91 Å². The summed E-state index contributed by atoms with van der Waals surface area (Å²) in [5.74, 6) is 0.0216. The van der Waals surface area contributed by atoms with E-state index in [1.807, 2.05) is 42.5 Å². The molecule has 0 aromatic heterocycles. The summed E-state index contributed by atoms with van der Waals surface area (Å²) >= 11 is 0. The summed E-state index contributed by atoms with van der Waals surface area (Å²) in [6, 6.07) is 25.4. The van der Waals surface area contributed by atoms with Crippen molar-refractivity contribution >= 4 is 34.3 Å². The number of nitrogens with one attached hydrogen (secondary N) is 1. The number of hydrogen-bond acceptors (Lipinski definition) is 6. The van der Waals surface area contributed by atoms with E-state index in [2.05, 4.69) is 20.8 Å². The van der Waals surface area contributed by atoms with E-state index in [4.69, 9.17) is 4.74 Å². The quantitative estimate of drug-likeness (QED) is 0.235. The molecule has 7 nitrogen and oxygen atoms in total. The maximum atomic E-state index is 12.3. The molecule has 0 spiro atoms. The van der Waals surface area contributed by atoms with Crippen LogP contribution in [0.2, 0.25) is 0 Å². The Labute approximate surface area is 184 Å². The molecule has 4 aromatic carbocycles. The fraction of sp³-hybridized carbons (Fsp3) is 0.0400. The van der Waals surface area contributed by atoms with Crippen molar-refractivity contribution in [2.24, 2.45) is 15.3 Å². The molecule has 0 radical (unpaired) electrons. The molecule has 0 atom stereocenters. The first-order valence-electron chi connectivity index (χ1n) is 9.84. The molecule has 0 saturated carbocycles. The van der Waals surface area contributed by atoms with E-state index in [1.165, 1.54) is 19.4 Å². The second-order valence-corrected chi connectivity index (χ2v) is 6.84. The Morgan fingerprint density at radius 1 is 0.938 bits per heavy atom. The number of carbonyl (C=O) groups excluding carboxylic acids is 1. The Hall–Kier alpha value is -4.52. The Bertz CT molecular complexity index is 1330. The Kier molecular flexibility index (Phi) is 6.17. The lowest BCUT2D eigenvalue weighted by atomic mass is 10.1. The number of rotatable bonds is 6. The summed E-state index contributed by atoms with van der Waals surface area (Å²) in [5, 5.41) is 24.8. The number of azo groups is 1. The van der Waals surface area contributed by atoms with Crippen LogP contribution in [-0.4, -0.2) is 24.3 Å². The first kappa shape index (κ1) is 20.7. The second kappa shape index (κ2) is 9.53. The molecule has 0 unspecified atom stereocenters. The SMILES string of the molecule is COc1ccccc1C(=O)N/N=C\c1cc(N=Nc2cccc3ccccc23)ccc1O. The standard InChI is InChI=1S/C25H20N4O3/c1-32-24-12-5-4-10-21(24)25(31)29-26-16-18-15-19(13-14-23(18)30)27-28-22-11-6-8-17-7-2-3-9-20(17)22/h2-16,30H,1H3,(H,29,31)/b26-16-,28-27?. The van der Waals surface area contributed by atoms with Crippen molar-refractivity contribution < 1.29 is 14.6 Å². The number of hydrazone groups is 1. The summed E-state index contributed by atoms with van der Waals surface area (Å²) in [5.41, 5.74) is 4.46. The van der Waals surface area contributed by atoms with Crippen molar-refractivity contribution in [2.75, 3.05) is 7.11 Å². The Morgan fingerprint density at radius 3 is 2.59 bits per heavy atom. The Morgan fingerprint density at radius 2 is 1.72 bits per heavy atom. The zero-order chi connectivity index (χ0) is 22.3. The molecule has 1 amide bonds. The molecule has 4 rings (SSSR count). The van der Waals surface area contributed by atoms with E-state index < -0.39 is 5.91 Å². The molecular weight excluding hydrogens is 404 g/mol. The highest BCUT2D eigenvalue weighted by atomic mass is 16.5. The topological polar surface area (TPSA) is 95.6 Å². The molecule has 7 heteroatoms. The molecular formula is C25H20N4O3. The molecule has 0 heterocycles. The minimum atomic E-state index is -0.426. The van der Waals surface area contributed by atoms with Crippen LogP contribution in [0.4, 0.5) is 11.4 Å². The second-order valence-electron chi connectivity index (χ2n) is 6.84. The predicted molar refractivity (Wildman–Crippen MR) is 124 cm³/mol. The summed E-state index contributed by atoms with van der Waals surface area (Å²) in [4.78, 5) is 12.3. The van der Waals surface area contributed by atoms with Gasteiger partial charge in [-0.05, 0) is 41.8 Å². The number of fused-ring (bicyclic) bond motifs is 1. The Balaban J connectivity index is 1.51. The van der Waals surface area contributed by atoms with E-state index in [0.717, 1.165) is 16.5 Å². The van der Waals surface area contributed by atoms with Gasteiger partial charge in [-0.25, -0.2) is 5.43 Å². The van der Waals surface area contributed by atoms with E-state index in [-0.39, 0.29) is 5.75 Å². The molecule has 0 aliphatic carbocycles.